The number of nitrogens with zero attached hydrogens (tertiary/aromatic N) is 2. The molecule has 0 atom stereocenters. The molecular weight excluding hydrogens is 410 g/mol. The molecule has 0 spiro atoms. The number of aromatic nitrogens is 1. The summed E-state index contributed by atoms with van der Waals surface area (Å²) in [5.41, 5.74) is 2.26. The fourth-order valence-corrected chi connectivity index (χ4v) is 5.13. The van der Waals surface area contributed by atoms with Crippen LogP contribution >= 0.6 is 11.6 Å². The van der Waals surface area contributed by atoms with Gasteiger partial charge in [0.25, 0.3) is 5.91 Å². The molecule has 0 fully saturated rings. The predicted octanol–water partition coefficient (Wildman–Crippen LogP) is 4.48. The van der Waals surface area contributed by atoms with Crippen LogP contribution in [0.5, 0.6) is 0 Å². The van der Waals surface area contributed by atoms with Crippen molar-refractivity contribution in [2.24, 2.45) is 0 Å². The third kappa shape index (κ3) is 4.27. The monoisotopic (exact) mass is 431 g/mol. The summed E-state index contributed by atoms with van der Waals surface area (Å²) in [5, 5.41) is 3.62. The van der Waals surface area contributed by atoms with E-state index in [4.69, 9.17) is 11.6 Å². The van der Waals surface area contributed by atoms with Gasteiger partial charge < -0.3 is 5.32 Å². The molecular formula is C21H22ClN3O3S. The van der Waals surface area contributed by atoms with Crippen LogP contribution in [0.4, 0.5) is 5.69 Å². The molecule has 0 unspecified atom stereocenters. The molecule has 0 saturated carbocycles. The van der Waals surface area contributed by atoms with Crippen LogP contribution in [0.25, 0.3) is 10.9 Å². The number of para-hydroxylation sites is 1. The molecule has 0 aliphatic heterocycles. The summed E-state index contributed by atoms with van der Waals surface area (Å²) < 4.78 is 27.0. The Balaban J connectivity index is 1.99. The Kier molecular flexibility index (Phi) is 6.21. The minimum absolute atomic E-state index is 0.0311. The number of carbonyl (C=O) groups is 1. The number of hydrogen-bond acceptors (Lipinski definition) is 4. The highest BCUT2D eigenvalue weighted by Crippen LogP contribution is 2.28. The van der Waals surface area contributed by atoms with Gasteiger partial charge in [0.2, 0.25) is 10.0 Å². The van der Waals surface area contributed by atoms with Gasteiger partial charge in [0.05, 0.1) is 16.1 Å². The van der Waals surface area contributed by atoms with E-state index in [0.29, 0.717) is 24.3 Å². The van der Waals surface area contributed by atoms with E-state index in [1.54, 1.807) is 26.0 Å². The van der Waals surface area contributed by atoms with Crippen molar-refractivity contribution in [1.82, 2.24) is 9.29 Å². The Morgan fingerprint density at radius 1 is 1.10 bits per heavy atom. The van der Waals surface area contributed by atoms with Crippen LogP contribution in [0, 0.1) is 6.92 Å². The quantitative estimate of drug-likeness (QED) is 0.624. The number of pyridine rings is 1. The van der Waals surface area contributed by atoms with Gasteiger partial charge in [-0.15, -0.1) is 0 Å². The Morgan fingerprint density at radius 2 is 1.79 bits per heavy atom. The van der Waals surface area contributed by atoms with Crippen molar-refractivity contribution < 1.29 is 13.2 Å². The number of anilines is 1. The summed E-state index contributed by atoms with van der Waals surface area (Å²) >= 11 is 6.16. The Morgan fingerprint density at radius 3 is 2.48 bits per heavy atom. The van der Waals surface area contributed by atoms with Crippen molar-refractivity contribution >= 4 is 44.1 Å². The van der Waals surface area contributed by atoms with Gasteiger partial charge in [-0.3, -0.25) is 9.78 Å². The lowest BCUT2D eigenvalue weighted by Crippen LogP contribution is -2.30. The highest BCUT2D eigenvalue weighted by atomic mass is 35.5. The Labute approximate surface area is 175 Å². The molecule has 0 radical (unpaired) electrons. The second-order valence-corrected chi connectivity index (χ2v) is 8.83. The molecule has 0 aliphatic carbocycles. The molecule has 152 valence electrons. The van der Waals surface area contributed by atoms with E-state index >= 15 is 0 Å². The van der Waals surface area contributed by atoms with Crippen molar-refractivity contribution in [3.63, 3.8) is 0 Å². The first kappa shape index (κ1) is 21.2. The molecule has 0 saturated heterocycles. The van der Waals surface area contributed by atoms with E-state index in [1.807, 2.05) is 31.2 Å². The molecule has 2 aromatic carbocycles. The largest absolute Gasteiger partial charge is 0.322 e. The van der Waals surface area contributed by atoms with E-state index in [2.05, 4.69) is 10.3 Å². The standard InChI is InChI=1S/C21H22ClN3O3S/c1-4-25(5-2)29(27,28)20-13-15(10-11-18(20)22)24-21(26)17-12-14(3)23-19-9-7-6-8-16(17)19/h6-13H,4-5H2,1-3H3,(H,24,26). The first-order valence-corrected chi connectivity index (χ1v) is 11.1. The van der Waals surface area contributed by atoms with E-state index in [0.717, 1.165) is 16.6 Å². The van der Waals surface area contributed by atoms with Crippen molar-refractivity contribution in [2.75, 3.05) is 18.4 Å². The average Bonchev–Trinajstić information content (AvgIpc) is 2.69. The van der Waals surface area contributed by atoms with Crippen LogP contribution in [0.1, 0.15) is 29.9 Å². The average molecular weight is 432 g/mol. The first-order chi connectivity index (χ1) is 13.8. The van der Waals surface area contributed by atoms with Crippen molar-refractivity contribution in [3.8, 4) is 0 Å². The first-order valence-electron chi connectivity index (χ1n) is 9.25. The third-order valence-electron chi connectivity index (χ3n) is 4.60. The van der Waals surface area contributed by atoms with E-state index in [-0.39, 0.29) is 15.8 Å². The second-order valence-electron chi connectivity index (χ2n) is 6.52. The SMILES string of the molecule is CCN(CC)S(=O)(=O)c1cc(NC(=O)c2cc(C)nc3ccccc23)ccc1Cl. The highest BCUT2D eigenvalue weighted by molar-refractivity contribution is 7.89. The lowest BCUT2D eigenvalue weighted by molar-refractivity contribution is 0.102. The molecule has 3 rings (SSSR count). The van der Waals surface area contributed by atoms with Crippen LogP contribution in [0.15, 0.2) is 53.4 Å². The molecule has 1 heterocycles. The van der Waals surface area contributed by atoms with Crippen molar-refractivity contribution in [2.45, 2.75) is 25.7 Å². The minimum atomic E-state index is -3.76. The summed E-state index contributed by atoms with van der Waals surface area (Å²) in [7, 11) is -3.76. The number of aryl methyl sites for hydroxylation is 1. The van der Waals surface area contributed by atoms with Crippen LogP contribution in [0.2, 0.25) is 5.02 Å². The molecule has 0 aliphatic rings. The van der Waals surface area contributed by atoms with Crippen molar-refractivity contribution in [3.05, 3.63) is 64.8 Å². The normalized spacial score (nSPS) is 11.8. The fraction of sp³-hybridized carbons (Fsp3) is 0.238. The number of benzene rings is 2. The summed E-state index contributed by atoms with van der Waals surface area (Å²) in [4.78, 5) is 17.3. The van der Waals surface area contributed by atoms with Gasteiger partial charge in [-0.25, -0.2) is 8.42 Å². The van der Waals surface area contributed by atoms with E-state index < -0.39 is 10.0 Å². The maximum Gasteiger partial charge on any atom is 0.256 e. The van der Waals surface area contributed by atoms with Gasteiger partial charge in [-0.2, -0.15) is 4.31 Å². The van der Waals surface area contributed by atoms with Gasteiger partial charge >= 0.3 is 0 Å². The minimum Gasteiger partial charge on any atom is -0.322 e. The zero-order valence-corrected chi connectivity index (χ0v) is 18.0. The molecule has 1 amide bonds. The van der Waals surface area contributed by atoms with Crippen LogP contribution in [-0.4, -0.2) is 36.7 Å². The number of carbonyl (C=O) groups excluding carboxylic acids is 1. The molecule has 29 heavy (non-hydrogen) atoms. The lowest BCUT2D eigenvalue weighted by Gasteiger charge is -2.20. The Hall–Kier alpha value is -2.48. The summed E-state index contributed by atoms with van der Waals surface area (Å²) in [6, 6.07) is 13.5. The number of rotatable bonds is 6. The smallest absolute Gasteiger partial charge is 0.256 e. The number of sulfonamides is 1. The van der Waals surface area contributed by atoms with Gasteiger partial charge in [0.15, 0.2) is 0 Å². The molecule has 3 aromatic rings. The van der Waals surface area contributed by atoms with Crippen LogP contribution < -0.4 is 5.32 Å². The number of fused-ring (bicyclic) bond motifs is 1. The van der Waals surface area contributed by atoms with Gasteiger partial charge in [-0.1, -0.05) is 43.6 Å². The molecule has 6 nitrogen and oxygen atoms in total. The van der Waals surface area contributed by atoms with Gasteiger partial charge in [0, 0.05) is 29.9 Å². The summed E-state index contributed by atoms with van der Waals surface area (Å²) in [5.74, 6) is -0.347. The van der Waals surface area contributed by atoms with Crippen LogP contribution in [0.3, 0.4) is 0 Å². The van der Waals surface area contributed by atoms with Gasteiger partial charge in [-0.05, 0) is 37.3 Å². The molecule has 1 N–H and O–H groups in total. The van der Waals surface area contributed by atoms with E-state index in [9.17, 15) is 13.2 Å². The highest BCUT2D eigenvalue weighted by Gasteiger charge is 2.25. The van der Waals surface area contributed by atoms with Crippen molar-refractivity contribution in [1.29, 1.82) is 0 Å². The summed E-state index contributed by atoms with van der Waals surface area (Å²) in [6.45, 7) is 6.00. The summed E-state index contributed by atoms with van der Waals surface area (Å²) in [6.07, 6.45) is 0. The maximum absolute atomic E-state index is 12.9. The maximum atomic E-state index is 12.9. The second kappa shape index (κ2) is 8.49. The number of nitrogens with one attached hydrogen (secondary N) is 1. The predicted molar refractivity (Wildman–Crippen MR) is 116 cm³/mol. The zero-order valence-electron chi connectivity index (χ0n) is 16.4. The zero-order chi connectivity index (χ0) is 21.2. The third-order valence-corrected chi connectivity index (χ3v) is 7.13. The molecule has 0 bridgehead atoms. The van der Waals surface area contributed by atoms with Gasteiger partial charge in [0.1, 0.15) is 4.90 Å². The van der Waals surface area contributed by atoms with E-state index in [1.165, 1.54) is 16.4 Å². The topological polar surface area (TPSA) is 79.4 Å². The lowest BCUT2D eigenvalue weighted by atomic mass is 10.1. The van der Waals surface area contributed by atoms with Crippen LogP contribution in [-0.2, 0) is 10.0 Å². The number of halogens is 1. The Bertz CT molecular complexity index is 1180. The number of hydrogen-bond donors (Lipinski definition) is 1. The molecule has 1 aromatic heterocycles. The molecule has 8 heteroatoms. The fourth-order valence-electron chi connectivity index (χ4n) is 3.18. The number of amides is 1.